The van der Waals surface area contributed by atoms with Gasteiger partial charge in [-0.05, 0) is 56.9 Å². The van der Waals surface area contributed by atoms with Crippen LogP contribution in [0.25, 0.3) is 5.57 Å². The molecule has 2 amide bonds. The number of nitrogens with zero attached hydrogens (tertiary/aromatic N) is 2. The first-order valence-electron chi connectivity index (χ1n) is 10.3. The van der Waals surface area contributed by atoms with Gasteiger partial charge in [0, 0.05) is 29.7 Å². The van der Waals surface area contributed by atoms with Crippen molar-refractivity contribution in [1.82, 2.24) is 4.90 Å². The minimum atomic E-state index is -0.456. The van der Waals surface area contributed by atoms with Gasteiger partial charge in [0.05, 0.1) is 30.5 Å². The molecule has 1 aliphatic heterocycles. The number of fused-ring (bicyclic) bond motifs is 1. The monoisotopic (exact) mass is 436 g/mol. The molecule has 2 N–H and O–H groups in total. The first-order valence-corrected chi connectivity index (χ1v) is 10.3. The molecule has 0 spiro atoms. The zero-order chi connectivity index (χ0) is 23.4. The van der Waals surface area contributed by atoms with Crippen molar-refractivity contribution >= 4 is 40.4 Å². The van der Waals surface area contributed by atoms with Crippen LogP contribution in [0.15, 0.2) is 48.2 Å². The number of methoxy groups -OCH3 is 1. The second-order valence-corrected chi connectivity index (χ2v) is 7.78. The summed E-state index contributed by atoms with van der Waals surface area (Å²) in [6.07, 6.45) is 0.601. The summed E-state index contributed by atoms with van der Waals surface area (Å²) in [4.78, 5) is 40.2. The summed E-state index contributed by atoms with van der Waals surface area (Å²) in [5.74, 6) is -0.683. The molecule has 0 saturated carbocycles. The van der Waals surface area contributed by atoms with Gasteiger partial charge in [-0.1, -0.05) is 13.0 Å². The van der Waals surface area contributed by atoms with Crippen molar-refractivity contribution in [3.8, 4) is 0 Å². The summed E-state index contributed by atoms with van der Waals surface area (Å²) in [5.41, 5.74) is 4.58. The molecule has 32 heavy (non-hydrogen) atoms. The quantitative estimate of drug-likeness (QED) is 0.512. The number of carbonyl (C=O) groups excluding carboxylic acids is 3. The smallest absolute Gasteiger partial charge is 0.337 e. The van der Waals surface area contributed by atoms with Crippen molar-refractivity contribution < 1.29 is 19.1 Å². The lowest BCUT2D eigenvalue weighted by Crippen LogP contribution is -2.34. The first kappa shape index (κ1) is 23.0. The van der Waals surface area contributed by atoms with Gasteiger partial charge in [-0.15, -0.1) is 0 Å². The maximum absolute atomic E-state index is 12.7. The molecule has 0 aliphatic carbocycles. The topological polar surface area (TPSA) is 91.0 Å². The van der Waals surface area contributed by atoms with Crippen LogP contribution in [0.2, 0.25) is 0 Å². The van der Waals surface area contributed by atoms with Crippen molar-refractivity contribution in [1.29, 1.82) is 0 Å². The van der Waals surface area contributed by atoms with Gasteiger partial charge in [0.2, 0.25) is 5.91 Å². The third-order valence-electron chi connectivity index (χ3n) is 5.22. The van der Waals surface area contributed by atoms with Crippen LogP contribution in [0.3, 0.4) is 0 Å². The fourth-order valence-corrected chi connectivity index (χ4v) is 3.51. The third kappa shape index (κ3) is 4.81. The maximum atomic E-state index is 12.7. The Balaban J connectivity index is 1.85. The molecule has 8 heteroatoms. The lowest BCUT2D eigenvalue weighted by Gasteiger charge is -2.20. The Labute approximate surface area is 187 Å². The Morgan fingerprint density at radius 1 is 1.06 bits per heavy atom. The number of allylic oxidation sites excluding steroid dienone is 1. The van der Waals surface area contributed by atoms with Crippen LogP contribution < -0.4 is 15.5 Å². The number of ether oxygens (including phenoxy) is 1. The van der Waals surface area contributed by atoms with Crippen molar-refractivity contribution in [3.05, 3.63) is 59.3 Å². The van der Waals surface area contributed by atoms with E-state index in [1.807, 2.05) is 50.2 Å². The number of hydrogen-bond acceptors (Lipinski definition) is 6. The number of rotatable bonds is 7. The van der Waals surface area contributed by atoms with Crippen molar-refractivity contribution in [2.24, 2.45) is 0 Å². The highest BCUT2D eigenvalue weighted by Gasteiger charge is 2.28. The Hall–Kier alpha value is -3.65. The number of hydrogen-bond donors (Lipinski definition) is 2. The van der Waals surface area contributed by atoms with Crippen LogP contribution >= 0.6 is 0 Å². The lowest BCUT2D eigenvalue weighted by molar-refractivity contribution is -0.119. The Bertz CT molecular complexity index is 1070. The standard InChI is InChI=1S/C24H28N4O4/c1-6-19(22-18-12-7-15(24(31)32-5)13-20(18)26-23(22)30)25-16-8-10-17(11-9-16)28(4)21(29)14-27(2)3/h7-13,25H,6,14H2,1-5H3,(H,26,30). The minimum Gasteiger partial charge on any atom is -0.465 e. The summed E-state index contributed by atoms with van der Waals surface area (Å²) < 4.78 is 4.75. The fourth-order valence-electron chi connectivity index (χ4n) is 3.51. The molecule has 0 unspecified atom stereocenters. The van der Waals surface area contributed by atoms with Crippen LogP contribution in [-0.4, -0.2) is 57.5 Å². The highest BCUT2D eigenvalue weighted by Crippen LogP contribution is 2.36. The van der Waals surface area contributed by atoms with Crippen molar-refractivity contribution in [2.45, 2.75) is 13.3 Å². The van der Waals surface area contributed by atoms with E-state index in [1.165, 1.54) is 7.11 Å². The van der Waals surface area contributed by atoms with Crippen LogP contribution in [0.1, 0.15) is 29.3 Å². The second kappa shape index (κ2) is 9.65. The maximum Gasteiger partial charge on any atom is 0.337 e. The largest absolute Gasteiger partial charge is 0.465 e. The number of esters is 1. The molecule has 0 radical (unpaired) electrons. The zero-order valence-electron chi connectivity index (χ0n) is 19.0. The van der Waals surface area contributed by atoms with E-state index < -0.39 is 5.97 Å². The zero-order valence-corrected chi connectivity index (χ0v) is 19.0. The van der Waals surface area contributed by atoms with E-state index in [1.54, 1.807) is 30.1 Å². The Morgan fingerprint density at radius 3 is 2.34 bits per heavy atom. The third-order valence-corrected chi connectivity index (χ3v) is 5.22. The number of likely N-dealkylation sites (N-methyl/N-ethyl adjacent to an activating group) is 2. The molecular weight excluding hydrogens is 408 g/mol. The van der Waals surface area contributed by atoms with Crippen LogP contribution in [-0.2, 0) is 14.3 Å². The molecule has 8 nitrogen and oxygen atoms in total. The van der Waals surface area contributed by atoms with Gasteiger partial charge in [-0.3, -0.25) is 9.59 Å². The first-order chi connectivity index (χ1) is 15.2. The molecule has 0 bridgehead atoms. The predicted octanol–water partition coefficient (Wildman–Crippen LogP) is 3.18. The van der Waals surface area contributed by atoms with Gasteiger partial charge in [0.1, 0.15) is 0 Å². The van der Waals surface area contributed by atoms with E-state index >= 15 is 0 Å². The number of carbonyl (C=O) groups is 3. The highest BCUT2D eigenvalue weighted by molar-refractivity contribution is 6.32. The summed E-state index contributed by atoms with van der Waals surface area (Å²) in [6, 6.07) is 12.5. The summed E-state index contributed by atoms with van der Waals surface area (Å²) in [6.45, 7) is 2.29. The van der Waals surface area contributed by atoms with E-state index in [0.717, 1.165) is 22.6 Å². The molecule has 0 saturated heterocycles. The van der Waals surface area contributed by atoms with Gasteiger partial charge < -0.3 is 25.2 Å². The van der Waals surface area contributed by atoms with Crippen LogP contribution in [0.5, 0.6) is 0 Å². The van der Waals surface area contributed by atoms with Gasteiger partial charge >= 0.3 is 5.97 Å². The van der Waals surface area contributed by atoms with E-state index in [2.05, 4.69) is 10.6 Å². The van der Waals surface area contributed by atoms with Crippen LogP contribution in [0, 0.1) is 0 Å². The van der Waals surface area contributed by atoms with E-state index in [4.69, 9.17) is 4.74 Å². The van der Waals surface area contributed by atoms with E-state index in [0.29, 0.717) is 29.8 Å². The average Bonchev–Trinajstić information content (AvgIpc) is 3.11. The molecule has 2 aromatic rings. The van der Waals surface area contributed by atoms with Gasteiger partial charge in [0.25, 0.3) is 5.91 Å². The second-order valence-electron chi connectivity index (χ2n) is 7.78. The molecule has 2 aromatic carbocycles. The van der Waals surface area contributed by atoms with Gasteiger partial charge in [0.15, 0.2) is 0 Å². The molecular formula is C24H28N4O4. The predicted molar refractivity (Wildman–Crippen MR) is 126 cm³/mol. The lowest BCUT2D eigenvalue weighted by atomic mass is 10.0. The Morgan fingerprint density at radius 2 is 1.75 bits per heavy atom. The normalized spacial score (nSPS) is 14.0. The van der Waals surface area contributed by atoms with Gasteiger partial charge in [-0.25, -0.2) is 4.79 Å². The van der Waals surface area contributed by atoms with Crippen molar-refractivity contribution in [2.75, 3.05) is 50.3 Å². The minimum absolute atomic E-state index is 0.00219. The molecule has 168 valence electrons. The SMILES string of the molecule is CCC(Nc1ccc(N(C)C(=O)CN(C)C)cc1)=C1C(=O)Nc2cc(C(=O)OC)ccc21. The molecule has 1 aliphatic rings. The Kier molecular flexibility index (Phi) is 6.95. The summed E-state index contributed by atoms with van der Waals surface area (Å²) in [7, 11) is 6.77. The van der Waals surface area contributed by atoms with Gasteiger partial charge in [-0.2, -0.15) is 0 Å². The number of nitrogens with one attached hydrogen (secondary N) is 2. The number of amides is 2. The fraction of sp³-hybridized carbons (Fsp3) is 0.292. The molecule has 0 fully saturated rings. The van der Waals surface area contributed by atoms with E-state index in [9.17, 15) is 14.4 Å². The number of benzene rings is 2. The van der Waals surface area contributed by atoms with Crippen molar-refractivity contribution in [3.63, 3.8) is 0 Å². The summed E-state index contributed by atoms with van der Waals surface area (Å²) >= 11 is 0. The van der Waals surface area contributed by atoms with E-state index in [-0.39, 0.29) is 11.8 Å². The average molecular weight is 437 g/mol. The van der Waals surface area contributed by atoms with Crippen LogP contribution in [0.4, 0.5) is 17.1 Å². The summed E-state index contributed by atoms with van der Waals surface area (Å²) in [5, 5.41) is 6.16. The molecule has 0 atom stereocenters. The molecule has 0 aromatic heterocycles. The molecule has 1 heterocycles. The molecule has 3 rings (SSSR count). The number of anilines is 3. The highest BCUT2D eigenvalue weighted by atomic mass is 16.5.